The average molecular weight is 348 g/mol. The van der Waals surface area contributed by atoms with Crippen molar-refractivity contribution in [2.24, 2.45) is 22.7 Å². The summed E-state index contributed by atoms with van der Waals surface area (Å²) in [6.45, 7) is 4.44. The molecule has 3 unspecified atom stereocenters. The monoisotopic (exact) mass is 348 g/mol. The van der Waals surface area contributed by atoms with Crippen LogP contribution in [0.3, 0.4) is 0 Å². The van der Waals surface area contributed by atoms with E-state index in [1.165, 1.54) is 19.3 Å². The number of hydrogen-bond acceptors (Lipinski definition) is 4. The second kappa shape index (κ2) is 6.49. The molecule has 4 aliphatic carbocycles. The first kappa shape index (κ1) is 17.7. The zero-order chi connectivity index (χ0) is 17.7. The molecule has 0 amide bonds. The zero-order valence-corrected chi connectivity index (χ0v) is 15.5. The number of aliphatic hydroxyl groups excluding tert-OH is 2. The highest BCUT2D eigenvalue weighted by atomic mass is 16.6. The van der Waals surface area contributed by atoms with Crippen LogP contribution in [0.1, 0.15) is 58.8 Å². The van der Waals surface area contributed by atoms with E-state index in [0.29, 0.717) is 11.8 Å². The molecule has 0 aliphatic heterocycles. The van der Waals surface area contributed by atoms with Gasteiger partial charge in [0.1, 0.15) is 13.6 Å². The first-order valence-corrected chi connectivity index (χ1v) is 9.89. The van der Waals surface area contributed by atoms with Crippen molar-refractivity contribution in [3.63, 3.8) is 0 Å². The molecule has 4 aliphatic rings. The molecule has 0 radical (unpaired) electrons. The van der Waals surface area contributed by atoms with Crippen molar-refractivity contribution in [2.45, 2.75) is 71.0 Å². The van der Waals surface area contributed by atoms with Gasteiger partial charge in [-0.05, 0) is 62.2 Å². The highest BCUT2D eigenvalue weighted by Crippen LogP contribution is 2.62. The smallest absolute Gasteiger partial charge is 0.144 e. The molecule has 6 atom stereocenters. The number of aliphatic hydroxyl groups is 2. The average Bonchev–Trinajstić information content (AvgIpc) is 2.93. The Kier molecular flexibility index (Phi) is 4.60. The maximum atomic E-state index is 9.25. The fourth-order valence-corrected chi connectivity index (χ4v) is 6.55. The van der Waals surface area contributed by atoms with Gasteiger partial charge in [-0.15, -0.1) is 0 Å². The van der Waals surface area contributed by atoms with Gasteiger partial charge in [-0.2, -0.15) is 0 Å². The molecule has 0 aromatic rings. The van der Waals surface area contributed by atoms with Crippen LogP contribution in [0.2, 0.25) is 0 Å². The Hall–Kier alpha value is -0.680. The summed E-state index contributed by atoms with van der Waals surface area (Å²) in [7, 11) is 0. The van der Waals surface area contributed by atoms with E-state index in [-0.39, 0.29) is 36.6 Å². The van der Waals surface area contributed by atoms with Crippen LogP contribution >= 0.6 is 0 Å². The van der Waals surface area contributed by atoms with Gasteiger partial charge in [-0.1, -0.05) is 37.1 Å². The first-order chi connectivity index (χ1) is 12.0. The molecular weight excluding hydrogens is 316 g/mol. The van der Waals surface area contributed by atoms with Crippen molar-refractivity contribution >= 4 is 0 Å². The van der Waals surface area contributed by atoms with Crippen LogP contribution in [-0.4, -0.2) is 36.0 Å². The topological polar surface area (TPSA) is 58.9 Å². The zero-order valence-electron chi connectivity index (χ0n) is 15.5. The van der Waals surface area contributed by atoms with E-state index in [0.717, 1.165) is 25.7 Å². The summed E-state index contributed by atoms with van der Waals surface area (Å²) >= 11 is 0. The molecule has 0 bridgehead atoms. The van der Waals surface area contributed by atoms with Gasteiger partial charge in [0.05, 0.1) is 12.2 Å². The lowest BCUT2D eigenvalue weighted by Crippen LogP contribution is -2.47. The quantitative estimate of drug-likeness (QED) is 0.603. The number of ether oxygens (including phenoxy) is 2. The molecule has 2 saturated carbocycles. The van der Waals surface area contributed by atoms with E-state index in [1.807, 2.05) is 0 Å². The van der Waals surface area contributed by atoms with Gasteiger partial charge in [-0.25, -0.2) is 0 Å². The molecule has 0 saturated heterocycles. The molecule has 4 heteroatoms. The fourth-order valence-electron chi connectivity index (χ4n) is 6.55. The van der Waals surface area contributed by atoms with Crippen LogP contribution in [0.5, 0.6) is 0 Å². The van der Waals surface area contributed by atoms with Gasteiger partial charge in [0, 0.05) is 5.41 Å². The van der Waals surface area contributed by atoms with Crippen molar-refractivity contribution < 1.29 is 19.7 Å². The van der Waals surface area contributed by atoms with Crippen LogP contribution < -0.4 is 0 Å². The minimum Gasteiger partial charge on any atom is -0.371 e. The van der Waals surface area contributed by atoms with Crippen LogP contribution in [-0.2, 0) is 9.47 Å². The predicted molar refractivity (Wildman–Crippen MR) is 95.6 cm³/mol. The van der Waals surface area contributed by atoms with Gasteiger partial charge in [0.2, 0.25) is 0 Å². The molecule has 0 aromatic heterocycles. The second-order valence-electron chi connectivity index (χ2n) is 8.87. The van der Waals surface area contributed by atoms with Gasteiger partial charge in [0.25, 0.3) is 0 Å². The van der Waals surface area contributed by atoms with Crippen molar-refractivity contribution in [3.8, 4) is 0 Å². The standard InChI is InChI=1S/C21H32O4/c1-20-9-7-15(24-12-22)11-14(20)3-4-16-17-5-6-19(25-13-23)21(17,2)10-8-18(16)20/h7,9,14-15,18-19,22-23H,3-6,8,10-13H2,1-2H3/t14?,15?,18-,19?,20+,21+/m1/s1. The maximum absolute atomic E-state index is 9.25. The predicted octanol–water partition coefficient (Wildman–Crippen LogP) is 3.54. The highest BCUT2D eigenvalue weighted by molar-refractivity contribution is 5.36. The van der Waals surface area contributed by atoms with Gasteiger partial charge >= 0.3 is 0 Å². The van der Waals surface area contributed by atoms with E-state index in [1.54, 1.807) is 11.1 Å². The van der Waals surface area contributed by atoms with Gasteiger partial charge in [-0.3, -0.25) is 0 Å². The molecule has 4 rings (SSSR count). The fraction of sp³-hybridized carbons (Fsp3) is 0.810. The van der Waals surface area contributed by atoms with E-state index < -0.39 is 0 Å². The Morgan fingerprint density at radius 1 is 1.08 bits per heavy atom. The molecular formula is C21H32O4. The van der Waals surface area contributed by atoms with E-state index in [2.05, 4.69) is 26.0 Å². The number of rotatable bonds is 4. The second-order valence-corrected chi connectivity index (χ2v) is 8.87. The van der Waals surface area contributed by atoms with Crippen LogP contribution in [0.4, 0.5) is 0 Å². The van der Waals surface area contributed by atoms with Crippen molar-refractivity contribution in [3.05, 3.63) is 23.3 Å². The highest BCUT2D eigenvalue weighted by Gasteiger charge is 2.54. The third-order valence-corrected chi connectivity index (χ3v) is 7.96. The minimum absolute atomic E-state index is 0.0694. The van der Waals surface area contributed by atoms with Crippen molar-refractivity contribution in [1.29, 1.82) is 0 Å². The normalized spacial score (nSPS) is 45.9. The summed E-state index contributed by atoms with van der Waals surface area (Å²) in [4.78, 5) is 0. The maximum Gasteiger partial charge on any atom is 0.144 e. The molecule has 2 N–H and O–H groups in total. The van der Waals surface area contributed by atoms with Crippen LogP contribution in [0.15, 0.2) is 23.3 Å². The number of fused-ring (bicyclic) bond motifs is 4. The van der Waals surface area contributed by atoms with Crippen LogP contribution in [0, 0.1) is 22.7 Å². The SMILES string of the molecule is C[C@]12CC[C@@H]3C(=C1CCC2OCO)CCC1CC(OCO)C=C[C@@]13C. The molecule has 25 heavy (non-hydrogen) atoms. The Labute approximate surface area is 150 Å². The molecule has 2 fully saturated rings. The lowest BCUT2D eigenvalue weighted by atomic mass is 9.51. The molecule has 0 heterocycles. The van der Waals surface area contributed by atoms with E-state index in [4.69, 9.17) is 14.6 Å². The third kappa shape index (κ3) is 2.64. The summed E-state index contributed by atoms with van der Waals surface area (Å²) < 4.78 is 11.2. The Bertz CT molecular complexity index is 582. The summed E-state index contributed by atoms with van der Waals surface area (Å²) in [5, 5.41) is 18.3. The number of allylic oxidation sites excluding steroid dienone is 2. The lowest BCUT2D eigenvalue weighted by molar-refractivity contribution is -0.0890. The first-order valence-electron chi connectivity index (χ1n) is 9.89. The summed E-state index contributed by atoms with van der Waals surface area (Å²) in [5.74, 6) is 1.27. The number of hydrogen-bond donors (Lipinski definition) is 2. The Morgan fingerprint density at radius 2 is 1.88 bits per heavy atom. The molecule has 140 valence electrons. The molecule has 4 nitrogen and oxygen atoms in total. The van der Waals surface area contributed by atoms with Crippen molar-refractivity contribution in [2.75, 3.05) is 13.6 Å². The van der Waals surface area contributed by atoms with Gasteiger partial charge in [0.15, 0.2) is 0 Å². The molecule has 0 aromatic carbocycles. The van der Waals surface area contributed by atoms with E-state index in [9.17, 15) is 5.11 Å². The molecule has 0 spiro atoms. The van der Waals surface area contributed by atoms with Gasteiger partial charge < -0.3 is 19.7 Å². The summed E-state index contributed by atoms with van der Waals surface area (Å²) in [5.41, 5.74) is 3.68. The van der Waals surface area contributed by atoms with E-state index >= 15 is 0 Å². The largest absolute Gasteiger partial charge is 0.371 e. The summed E-state index contributed by atoms with van der Waals surface area (Å²) in [6.07, 6.45) is 12.8. The summed E-state index contributed by atoms with van der Waals surface area (Å²) in [6, 6.07) is 0. The van der Waals surface area contributed by atoms with Crippen LogP contribution in [0.25, 0.3) is 0 Å². The Balaban J connectivity index is 1.65. The lowest BCUT2D eigenvalue weighted by Gasteiger charge is -2.54. The van der Waals surface area contributed by atoms with Crippen molar-refractivity contribution in [1.82, 2.24) is 0 Å². The third-order valence-electron chi connectivity index (χ3n) is 7.96. The minimum atomic E-state index is -0.193. The Morgan fingerprint density at radius 3 is 2.64 bits per heavy atom.